The molecule has 0 heterocycles. The van der Waals surface area contributed by atoms with Crippen LogP contribution in [0.3, 0.4) is 0 Å². The molecule has 0 spiro atoms. The molecule has 1 atom stereocenters. The van der Waals surface area contributed by atoms with Gasteiger partial charge in [0.15, 0.2) is 0 Å². The maximum absolute atomic E-state index is 9.34. The third kappa shape index (κ3) is 4.81. The number of nitrogens with zero attached hydrogens (tertiary/aromatic N) is 1. The number of hydrogen-bond donors (Lipinski definition) is 2. The Hall–Kier alpha value is -0.120. The molecule has 1 fully saturated rings. The van der Waals surface area contributed by atoms with Crippen molar-refractivity contribution < 1.29 is 5.11 Å². The normalized spacial score (nSPS) is 20.1. The summed E-state index contributed by atoms with van der Waals surface area (Å²) < 4.78 is 0. The summed E-state index contributed by atoms with van der Waals surface area (Å²) in [4.78, 5) is 2.56. The van der Waals surface area contributed by atoms with E-state index in [1.165, 1.54) is 32.4 Å². The molecule has 0 aromatic carbocycles. The topological polar surface area (TPSA) is 35.5 Å². The van der Waals surface area contributed by atoms with E-state index in [2.05, 4.69) is 24.1 Å². The third-order valence-electron chi connectivity index (χ3n) is 3.69. The van der Waals surface area contributed by atoms with Crippen molar-refractivity contribution in [2.45, 2.75) is 45.1 Å². The van der Waals surface area contributed by atoms with E-state index in [0.29, 0.717) is 0 Å². The second-order valence-electron chi connectivity index (χ2n) is 5.46. The largest absolute Gasteiger partial charge is 0.394 e. The Kier molecular flexibility index (Phi) is 5.73. The Morgan fingerprint density at radius 3 is 2.50 bits per heavy atom. The summed E-state index contributed by atoms with van der Waals surface area (Å²) in [5.74, 6) is 0.960. The standard InChI is InChI=1S/C13H28N2O/c1-4-8-15(10-12-5-6-12)9-7-13(2,11-16)14-3/h12,14,16H,4-11H2,1-3H3. The first-order chi connectivity index (χ1) is 7.63. The van der Waals surface area contributed by atoms with Gasteiger partial charge in [0.05, 0.1) is 6.61 Å². The molecule has 2 N–H and O–H groups in total. The van der Waals surface area contributed by atoms with Gasteiger partial charge in [-0.05, 0) is 58.7 Å². The van der Waals surface area contributed by atoms with E-state index >= 15 is 0 Å². The minimum absolute atomic E-state index is 0.116. The van der Waals surface area contributed by atoms with Crippen molar-refractivity contribution in [3.8, 4) is 0 Å². The van der Waals surface area contributed by atoms with Gasteiger partial charge in [0.2, 0.25) is 0 Å². The molecular weight excluding hydrogens is 200 g/mol. The van der Waals surface area contributed by atoms with Crippen molar-refractivity contribution in [3.05, 3.63) is 0 Å². The zero-order valence-corrected chi connectivity index (χ0v) is 11.1. The van der Waals surface area contributed by atoms with Crippen molar-refractivity contribution in [3.63, 3.8) is 0 Å². The average Bonchev–Trinajstić information content (AvgIpc) is 3.10. The fourth-order valence-electron chi connectivity index (χ4n) is 1.96. The van der Waals surface area contributed by atoms with Crippen LogP contribution in [0.4, 0.5) is 0 Å². The zero-order valence-electron chi connectivity index (χ0n) is 11.1. The second kappa shape index (κ2) is 6.58. The van der Waals surface area contributed by atoms with Gasteiger partial charge in [-0.1, -0.05) is 6.92 Å². The van der Waals surface area contributed by atoms with Crippen LogP contribution in [0.5, 0.6) is 0 Å². The minimum Gasteiger partial charge on any atom is -0.394 e. The first-order valence-corrected chi connectivity index (χ1v) is 6.65. The third-order valence-corrected chi connectivity index (χ3v) is 3.69. The Labute approximate surface area is 100 Å². The molecule has 3 heteroatoms. The van der Waals surface area contributed by atoms with Gasteiger partial charge in [0.25, 0.3) is 0 Å². The highest BCUT2D eigenvalue weighted by molar-refractivity contribution is 4.83. The van der Waals surface area contributed by atoms with Crippen molar-refractivity contribution in [2.24, 2.45) is 5.92 Å². The summed E-state index contributed by atoms with van der Waals surface area (Å²) >= 11 is 0. The molecule has 1 aliphatic carbocycles. The van der Waals surface area contributed by atoms with E-state index in [1.54, 1.807) is 0 Å². The molecule has 1 saturated carbocycles. The number of aliphatic hydroxyl groups is 1. The highest BCUT2D eigenvalue weighted by atomic mass is 16.3. The van der Waals surface area contributed by atoms with Crippen molar-refractivity contribution in [1.82, 2.24) is 10.2 Å². The monoisotopic (exact) mass is 228 g/mol. The first kappa shape index (κ1) is 13.9. The molecular formula is C13H28N2O. The molecule has 16 heavy (non-hydrogen) atoms. The zero-order chi connectivity index (χ0) is 12.0. The van der Waals surface area contributed by atoms with Gasteiger partial charge in [-0.15, -0.1) is 0 Å². The van der Waals surface area contributed by atoms with E-state index in [0.717, 1.165) is 18.9 Å². The van der Waals surface area contributed by atoms with E-state index in [4.69, 9.17) is 0 Å². The molecule has 0 amide bonds. The number of nitrogens with one attached hydrogen (secondary N) is 1. The molecule has 0 bridgehead atoms. The first-order valence-electron chi connectivity index (χ1n) is 6.65. The molecule has 1 rings (SSSR count). The minimum atomic E-state index is -0.116. The molecule has 0 aliphatic heterocycles. The predicted octanol–water partition coefficient (Wildman–Crippen LogP) is 1.47. The van der Waals surface area contributed by atoms with Crippen LogP contribution in [0.25, 0.3) is 0 Å². The van der Waals surface area contributed by atoms with Crippen LogP contribution in [0.2, 0.25) is 0 Å². The van der Waals surface area contributed by atoms with Gasteiger partial charge in [-0.3, -0.25) is 0 Å². The summed E-state index contributed by atoms with van der Waals surface area (Å²) in [7, 11) is 1.93. The highest BCUT2D eigenvalue weighted by Gasteiger charge is 2.26. The van der Waals surface area contributed by atoms with Crippen LogP contribution in [0, 0.1) is 5.92 Å². The Bertz CT molecular complexity index is 188. The molecule has 96 valence electrons. The Morgan fingerprint density at radius 2 is 2.06 bits per heavy atom. The number of aliphatic hydroxyl groups excluding tert-OH is 1. The molecule has 1 unspecified atom stereocenters. The van der Waals surface area contributed by atoms with Crippen LogP contribution in [0.15, 0.2) is 0 Å². The second-order valence-corrected chi connectivity index (χ2v) is 5.46. The quantitative estimate of drug-likeness (QED) is 0.627. The number of hydrogen-bond acceptors (Lipinski definition) is 3. The van der Waals surface area contributed by atoms with Gasteiger partial charge < -0.3 is 15.3 Å². The molecule has 0 saturated heterocycles. The van der Waals surface area contributed by atoms with Crippen LogP contribution in [-0.4, -0.2) is 48.8 Å². The van der Waals surface area contributed by atoms with Crippen LogP contribution in [-0.2, 0) is 0 Å². The SMILES string of the molecule is CCCN(CCC(C)(CO)NC)CC1CC1. The van der Waals surface area contributed by atoms with E-state index in [1.807, 2.05) is 7.05 Å². The maximum Gasteiger partial charge on any atom is 0.0610 e. The fraction of sp³-hybridized carbons (Fsp3) is 1.00. The van der Waals surface area contributed by atoms with Crippen molar-refractivity contribution >= 4 is 0 Å². The summed E-state index contributed by atoms with van der Waals surface area (Å²) in [6, 6.07) is 0. The summed E-state index contributed by atoms with van der Waals surface area (Å²) in [5, 5.41) is 12.6. The molecule has 0 radical (unpaired) electrons. The lowest BCUT2D eigenvalue weighted by Gasteiger charge is -2.30. The fourth-order valence-corrected chi connectivity index (χ4v) is 1.96. The maximum atomic E-state index is 9.34. The predicted molar refractivity (Wildman–Crippen MR) is 68.6 cm³/mol. The Balaban J connectivity index is 2.29. The average molecular weight is 228 g/mol. The van der Waals surface area contributed by atoms with Crippen LogP contribution >= 0.6 is 0 Å². The van der Waals surface area contributed by atoms with Gasteiger partial charge in [-0.2, -0.15) is 0 Å². The van der Waals surface area contributed by atoms with Gasteiger partial charge >= 0.3 is 0 Å². The van der Waals surface area contributed by atoms with E-state index < -0.39 is 0 Å². The van der Waals surface area contributed by atoms with Crippen molar-refractivity contribution in [2.75, 3.05) is 33.3 Å². The molecule has 3 nitrogen and oxygen atoms in total. The van der Waals surface area contributed by atoms with E-state index in [-0.39, 0.29) is 12.1 Å². The van der Waals surface area contributed by atoms with Crippen LogP contribution < -0.4 is 5.32 Å². The van der Waals surface area contributed by atoms with Gasteiger partial charge in [0.1, 0.15) is 0 Å². The molecule has 1 aliphatic rings. The molecule has 0 aromatic heterocycles. The number of likely N-dealkylation sites (N-methyl/N-ethyl adjacent to an activating group) is 1. The highest BCUT2D eigenvalue weighted by Crippen LogP contribution is 2.30. The van der Waals surface area contributed by atoms with Crippen molar-refractivity contribution in [1.29, 1.82) is 0 Å². The summed E-state index contributed by atoms with van der Waals surface area (Å²) in [5.41, 5.74) is -0.116. The lowest BCUT2D eigenvalue weighted by Crippen LogP contribution is -2.46. The van der Waals surface area contributed by atoms with Gasteiger partial charge in [0, 0.05) is 12.1 Å². The molecule has 0 aromatic rings. The lowest BCUT2D eigenvalue weighted by atomic mass is 9.99. The Morgan fingerprint density at radius 1 is 1.38 bits per heavy atom. The lowest BCUT2D eigenvalue weighted by molar-refractivity contribution is 0.150. The summed E-state index contributed by atoms with van der Waals surface area (Å²) in [6.07, 6.45) is 5.09. The van der Waals surface area contributed by atoms with Crippen LogP contribution in [0.1, 0.15) is 39.5 Å². The number of rotatable bonds is 9. The summed E-state index contributed by atoms with van der Waals surface area (Å²) in [6.45, 7) is 8.10. The van der Waals surface area contributed by atoms with E-state index in [9.17, 15) is 5.11 Å². The smallest absolute Gasteiger partial charge is 0.0610 e. The van der Waals surface area contributed by atoms with Gasteiger partial charge in [-0.25, -0.2) is 0 Å².